The Hall–Kier alpha value is -3.57. The summed E-state index contributed by atoms with van der Waals surface area (Å²) in [5, 5.41) is 5.48. The van der Waals surface area contributed by atoms with Gasteiger partial charge in [-0.25, -0.2) is 9.07 Å². The van der Waals surface area contributed by atoms with E-state index < -0.39 is 40.1 Å². The van der Waals surface area contributed by atoms with E-state index in [1.54, 1.807) is 17.2 Å². The topological polar surface area (TPSA) is 36.9 Å². The lowest BCUT2D eigenvalue weighted by Crippen LogP contribution is -2.41. The molecule has 7 rings (SSSR count). The van der Waals surface area contributed by atoms with E-state index in [-0.39, 0.29) is 24.7 Å². The molecule has 0 saturated carbocycles. The average molecular weight is 663 g/mol. The Labute approximate surface area is 265 Å². The van der Waals surface area contributed by atoms with Gasteiger partial charge in [-0.15, -0.1) is 0 Å². The predicted octanol–water partition coefficient (Wildman–Crippen LogP) is 9.61. The number of H-pyrrole nitrogens is 1. The van der Waals surface area contributed by atoms with Crippen LogP contribution in [0, 0.1) is 0 Å². The zero-order chi connectivity index (χ0) is 33.4. The first kappa shape index (κ1) is 31.1. The van der Waals surface area contributed by atoms with Gasteiger partial charge in [0.1, 0.15) is 0 Å². The molecular formula is C34H30ClF7N4. The molecular weight excluding hydrogens is 633 g/mol. The fourth-order valence-electron chi connectivity index (χ4n) is 7.75. The molecule has 0 bridgehead atoms. The van der Waals surface area contributed by atoms with Crippen LogP contribution in [0.25, 0.3) is 11.3 Å². The predicted molar refractivity (Wildman–Crippen MR) is 160 cm³/mol. The Morgan fingerprint density at radius 2 is 1.70 bits per heavy atom. The van der Waals surface area contributed by atoms with Crippen molar-refractivity contribution < 1.29 is 30.7 Å². The highest BCUT2D eigenvalue weighted by molar-refractivity contribution is 6.32. The fraction of sp³-hybridized carbons (Fsp3) is 0.382. The molecule has 0 fully saturated rings. The van der Waals surface area contributed by atoms with E-state index in [4.69, 9.17) is 16.7 Å². The first-order chi connectivity index (χ1) is 21.3. The van der Waals surface area contributed by atoms with E-state index in [0.717, 1.165) is 34.1 Å². The molecule has 4 nitrogen and oxygen atoms in total. The van der Waals surface area contributed by atoms with E-state index in [9.17, 15) is 26.3 Å². The molecule has 0 saturated heterocycles. The van der Waals surface area contributed by atoms with Crippen molar-refractivity contribution in [1.82, 2.24) is 19.7 Å². The standard InChI is InChI=1S/C34H30ClF7N4/c1-6-17-8-7-9-20-23-13-31(4,36)28-25(24(35)14-43-28)32(23,5)29-21-16-45(30(2,3)27(21)44-46(29)26(17)20)15-18-10-11-19(33(37,38)39)12-22(18)34(40,41)42/h7-14,43H,6,15-16H2,1-5H3. The van der Waals surface area contributed by atoms with Crippen molar-refractivity contribution in [1.29, 1.82) is 0 Å². The van der Waals surface area contributed by atoms with Crippen LogP contribution in [0.5, 0.6) is 0 Å². The van der Waals surface area contributed by atoms with Gasteiger partial charge in [0.25, 0.3) is 0 Å². The van der Waals surface area contributed by atoms with Gasteiger partial charge in [-0.3, -0.25) is 4.90 Å². The van der Waals surface area contributed by atoms with E-state index in [2.05, 4.69) is 4.98 Å². The van der Waals surface area contributed by atoms with E-state index in [1.165, 1.54) is 6.92 Å². The monoisotopic (exact) mass is 662 g/mol. The van der Waals surface area contributed by atoms with E-state index in [1.807, 2.05) is 50.6 Å². The molecule has 4 aromatic rings. The Balaban J connectivity index is 1.43. The molecule has 242 valence electrons. The van der Waals surface area contributed by atoms with Crippen LogP contribution in [0.2, 0.25) is 5.02 Å². The molecule has 2 aliphatic heterocycles. The van der Waals surface area contributed by atoms with E-state index in [0.29, 0.717) is 40.0 Å². The molecule has 46 heavy (non-hydrogen) atoms. The summed E-state index contributed by atoms with van der Waals surface area (Å²) >= 11 is 6.81. The number of halogens is 8. The molecule has 0 spiro atoms. The maximum Gasteiger partial charge on any atom is 0.416 e. The number of aromatic nitrogens is 3. The van der Waals surface area contributed by atoms with Gasteiger partial charge in [0.05, 0.1) is 49.9 Å². The summed E-state index contributed by atoms with van der Waals surface area (Å²) in [5.74, 6) is 0. The molecule has 2 atom stereocenters. The van der Waals surface area contributed by atoms with Crippen LogP contribution in [0.3, 0.4) is 0 Å². The van der Waals surface area contributed by atoms with Crippen molar-refractivity contribution in [2.45, 2.75) is 83.1 Å². The van der Waals surface area contributed by atoms with Crippen molar-refractivity contribution in [2.24, 2.45) is 0 Å². The van der Waals surface area contributed by atoms with Crippen LogP contribution in [0.15, 0.2) is 48.7 Å². The molecule has 4 heterocycles. The second kappa shape index (κ2) is 9.50. The molecule has 3 aliphatic rings. The lowest BCUT2D eigenvalue weighted by atomic mass is 9.62. The van der Waals surface area contributed by atoms with Crippen molar-refractivity contribution in [2.75, 3.05) is 0 Å². The maximum absolute atomic E-state index is 16.4. The summed E-state index contributed by atoms with van der Waals surface area (Å²) in [6, 6.07) is 7.63. The number of hydrogen-bond acceptors (Lipinski definition) is 2. The van der Waals surface area contributed by atoms with Gasteiger partial charge in [0.2, 0.25) is 0 Å². The zero-order valence-corrected chi connectivity index (χ0v) is 26.4. The van der Waals surface area contributed by atoms with Crippen LogP contribution >= 0.6 is 11.6 Å². The quantitative estimate of drug-likeness (QED) is 0.222. The SMILES string of the molecule is CCc1cccc2c1-n1nc3c(c1C1(C)C2=CC(C)(F)c2[nH]cc(Cl)c21)CN(Cc1ccc(C(F)(F)F)cc1C(F)(F)F)C3(C)C. The van der Waals surface area contributed by atoms with Crippen LogP contribution in [0.1, 0.15) is 90.6 Å². The second-order valence-electron chi connectivity index (χ2n) is 13.2. The lowest BCUT2D eigenvalue weighted by Gasteiger charge is -2.44. The summed E-state index contributed by atoms with van der Waals surface area (Å²) in [4.78, 5) is 4.82. The minimum absolute atomic E-state index is 0.159. The summed E-state index contributed by atoms with van der Waals surface area (Å²) in [7, 11) is 0. The number of hydrogen-bond donors (Lipinski definition) is 1. The third kappa shape index (κ3) is 4.13. The van der Waals surface area contributed by atoms with Crippen molar-refractivity contribution in [3.8, 4) is 5.69 Å². The molecule has 0 amide bonds. The van der Waals surface area contributed by atoms with Gasteiger partial charge >= 0.3 is 12.4 Å². The van der Waals surface area contributed by atoms with Crippen LogP contribution < -0.4 is 0 Å². The van der Waals surface area contributed by atoms with Gasteiger partial charge < -0.3 is 4.98 Å². The third-order valence-electron chi connectivity index (χ3n) is 10.1. The lowest BCUT2D eigenvalue weighted by molar-refractivity contribution is -0.143. The number of alkyl halides is 7. The minimum Gasteiger partial charge on any atom is -0.360 e. The molecule has 2 aromatic heterocycles. The Morgan fingerprint density at radius 3 is 2.35 bits per heavy atom. The van der Waals surface area contributed by atoms with Gasteiger partial charge in [-0.2, -0.15) is 31.4 Å². The van der Waals surface area contributed by atoms with Crippen molar-refractivity contribution in [3.05, 3.63) is 110 Å². The zero-order valence-electron chi connectivity index (χ0n) is 25.6. The molecule has 0 radical (unpaired) electrons. The Bertz CT molecular complexity index is 1960. The highest BCUT2D eigenvalue weighted by Crippen LogP contribution is 2.60. The van der Waals surface area contributed by atoms with Crippen molar-refractivity contribution >= 4 is 17.2 Å². The number of fused-ring (bicyclic) bond motifs is 10. The fourth-order valence-corrected chi connectivity index (χ4v) is 8.09. The number of aryl methyl sites for hydroxylation is 1. The van der Waals surface area contributed by atoms with Crippen LogP contribution in [-0.4, -0.2) is 19.7 Å². The second-order valence-corrected chi connectivity index (χ2v) is 13.6. The van der Waals surface area contributed by atoms with Gasteiger partial charge in [-0.05, 0) is 69.0 Å². The normalized spacial score (nSPS) is 23.4. The number of benzene rings is 2. The molecule has 12 heteroatoms. The summed E-state index contributed by atoms with van der Waals surface area (Å²) in [6.07, 6.45) is -6.07. The average Bonchev–Trinajstić information content (AvgIpc) is 3.62. The third-order valence-corrected chi connectivity index (χ3v) is 10.4. The number of nitrogens with zero attached hydrogens (tertiary/aromatic N) is 3. The van der Waals surface area contributed by atoms with Crippen molar-refractivity contribution in [3.63, 3.8) is 0 Å². The highest BCUT2D eigenvalue weighted by atomic mass is 35.5. The number of allylic oxidation sites excluding steroid dienone is 2. The van der Waals surface area contributed by atoms with Gasteiger partial charge in [0.15, 0.2) is 5.67 Å². The Morgan fingerprint density at radius 1 is 0.978 bits per heavy atom. The molecule has 1 N–H and O–H groups in total. The highest BCUT2D eigenvalue weighted by Gasteiger charge is 2.56. The summed E-state index contributed by atoms with van der Waals surface area (Å²) < 4.78 is 101. The first-order valence-corrected chi connectivity index (χ1v) is 15.3. The number of nitrogens with one attached hydrogen (secondary N) is 1. The first-order valence-electron chi connectivity index (χ1n) is 14.9. The number of rotatable bonds is 3. The summed E-state index contributed by atoms with van der Waals surface area (Å²) in [5.41, 5.74) is -0.398. The van der Waals surface area contributed by atoms with Crippen LogP contribution in [0.4, 0.5) is 30.7 Å². The molecule has 2 unspecified atom stereocenters. The maximum atomic E-state index is 16.4. The van der Waals surface area contributed by atoms with Gasteiger partial charge in [-0.1, -0.05) is 42.8 Å². The summed E-state index contributed by atoms with van der Waals surface area (Å²) in [6.45, 7) is 9.03. The molecule has 1 aliphatic carbocycles. The smallest absolute Gasteiger partial charge is 0.360 e. The minimum atomic E-state index is -4.99. The molecule has 2 aromatic carbocycles. The largest absolute Gasteiger partial charge is 0.416 e. The van der Waals surface area contributed by atoms with Crippen LogP contribution in [-0.2, 0) is 48.5 Å². The van der Waals surface area contributed by atoms with Gasteiger partial charge in [0, 0.05) is 36.0 Å². The number of aromatic amines is 1. The van der Waals surface area contributed by atoms with E-state index >= 15 is 4.39 Å². The Kier molecular flexibility index (Phi) is 6.41. The number of para-hydroxylation sites is 1.